The number of nitrogens with zero attached hydrogens (tertiary/aromatic N) is 2. The van der Waals surface area contributed by atoms with E-state index in [0.717, 1.165) is 10.0 Å². The van der Waals surface area contributed by atoms with Gasteiger partial charge in [-0.15, -0.1) is 10.2 Å². The van der Waals surface area contributed by atoms with Gasteiger partial charge in [0.15, 0.2) is 5.78 Å². The van der Waals surface area contributed by atoms with Crippen molar-refractivity contribution in [3.63, 3.8) is 0 Å². The third kappa shape index (κ3) is 3.88. The Morgan fingerprint density at radius 2 is 2.00 bits per heavy atom. The Balaban J connectivity index is 1.75. The summed E-state index contributed by atoms with van der Waals surface area (Å²) < 4.78 is 6.53. The molecule has 0 radical (unpaired) electrons. The monoisotopic (exact) mass is 422 g/mol. The molecule has 1 heterocycles. The summed E-state index contributed by atoms with van der Waals surface area (Å²) in [7, 11) is 0. The molecule has 7 heteroatoms. The van der Waals surface area contributed by atoms with Gasteiger partial charge in [0.1, 0.15) is 0 Å². The van der Waals surface area contributed by atoms with Gasteiger partial charge < -0.3 is 4.42 Å². The number of rotatable bonds is 5. The van der Waals surface area contributed by atoms with E-state index in [1.54, 1.807) is 31.2 Å². The van der Waals surface area contributed by atoms with E-state index in [2.05, 4.69) is 26.1 Å². The quantitative estimate of drug-likeness (QED) is 0.400. The molecule has 2 aromatic carbocycles. The van der Waals surface area contributed by atoms with E-state index in [1.165, 1.54) is 11.8 Å². The van der Waals surface area contributed by atoms with Crippen molar-refractivity contribution in [2.45, 2.75) is 17.4 Å². The number of ketones is 1. The number of hydrogen-bond donors (Lipinski definition) is 0. The molecule has 4 nitrogen and oxygen atoms in total. The lowest BCUT2D eigenvalue weighted by Gasteiger charge is -2.07. The van der Waals surface area contributed by atoms with Crippen LogP contribution in [0.5, 0.6) is 0 Å². The Morgan fingerprint density at radius 1 is 1.21 bits per heavy atom. The molecule has 3 aromatic rings. The second-order valence-electron chi connectivity index (χ2n) is 4.99. The molecule has 1 atom stereocenters. The molecule has 0 saturated heterocycles. The lowest BCUT2D eigenvalue weighted by molar-refractivity contribution is 0.0993. The average molecular weight is 424 g/mol. The number of aromatic nitrogens is 2. The van der Waals surface area contributed by atoms with Crippen molar-refractivity contribution in [2.75, 3.05) is 0 Å². The fourth-order valence-electron chi connectivity index (χ4n) is 2.08. The summed E-state index contributed by atoms with van der Waals surface area (Å²) in [4.78, 5) is 12.5. The molecule has 122 valence electrons. The van der Waals surface area contributed by atoms with Gasteiger partial charge in [-0.3, -0.25) is 4.79 Å². The van der Waals surface area contributed by atoms with Crippen LogP contribution in [0, 0.1) is 0 Å². The summed E-state index contributed by atoms with van der Waals surface area (Å²) in [6.07, 6.45) is 0. The Labute approximate surface area is 156 Å². The van der Waals surface area contributed by atoms with E-state index in [4.69, 9.17) is 16.0 Å². The first kappa shape index (κ1) is 17.2. The van der Waals surface area contributed by atoms with Gasteiger partial charge in [-0.2, -0.15) is 0 Å². The van der Waals surface area contributed by atoms with E-state index in [0.29, 0.717) is 21.7 Å². The molecular formula is C17H12BrClN2O2S. The largest absolute Gasteiger partial charge is 0.411 e. The highest BCUT2D eigenvalue weighted by Crippen LogP contribution is 2.31. The van der Waals surface area contributed by atoms with E-state index in [1.807, 2.05) is 24.3 Å². The van der Waals surface area contributed by atoms with Gasteiger partial charge in [0, 0.05) is 15.1 Å². The molecule has 0 N–H and O–H groups in total. The van der Waals surface area contributed by atoms with E-state index < -0.39 is 0 Å². The van der Waals surface area contributed by atoms with Gasteiger partial charge in [-0.05, 0) is 47.1 Å². The molecule has 0 unspecified atom stereocenters. The molecule has 0 amide bonds. The normalized spacial score (nSPS) is 12.1. The zero-order valence-corrected chi connectivity index (χ0v) is 15.7. The Kier molecular flexibility index (Phi) is 5.38. The van der Waals surface area contributed by atoms with Crippen molar-refractivity contribution in [3.05, 3.63) is 63.6 Å². The van der Waals surface area contributed by atoms with E-state index in [-0.39, 0.29) is 11.0 Å². The van der Waals surface area contributed by atoms with Crippen LogP contribution in [0.25, 0.3) is 11.5 Å². The fourth-order valence-corrected chi connectivity index (χ4v) is 3.49. The lowest BCUT2D eigenvalue weighted by Crippen LogP contribution is -2.13. The first-order valence-corrected chi connectivity index (χ1v) is 9.14. The van der Waals surface area contributed by atoms with Crippen molar-refractivity contribution < 1.29 is 9.21 Å². The first-order valence-electron chi connectivity index (χ1n) is 7.09. The smallest absolute Gasteiger partial charge is 0.277 e. The summed E-state index contributed by atoms with van der Waals surface area (Å²) >= 11 is 10.6. The zero-order valence-electron chi connectivity index (χ0n) is 12.6. The van der Waals surface area contributed by atoms with E-state index >= 15 is 0 Å². The topological polar surface area (TPSA) is 56.0 Å². The van der Waals surface area contributed by atoms with Crippen LogP contribution in [0.4, 0.5) is 0 Å². The average Bonchev–Trinajstić information content (AvgIpc) is 3.02. The van der Waals surface area contributed by atoms with Gasteiger partial charge in [0.2, 0.25) is 5.89 Å². The number of carbonyl (C=O) groups excluding carboxylic acids is 1. The third-order valence-corrected chi connectivity index (χ3v) is 5.13. The fraction of sp³-hybridized carbons (Fsp3) is 0.118. The number of thioether (sulfide) groups is 1. The van der Waals surface area contributed by atoms with Gasteiger partial charge in [-0.1, -0.05) is 47.6 Å². The standard InChI is InChI=1S/C17H12BrClN2O2S/c1-10(15(22)11-5-4-6-12(19)9-11)24-17-21-20-16(23-17)13-7-2-3-8-14(13)18/h2-10H,1H3/t10-/m0/s1. The number of benzene rings is 2. The molecule has 0 aliphatic heterocycles. The molecule has 0 saturated carbocycles. The minimum atomic E-state index is -0.365. The molecule has 1 aromatic heterocycles. The lowest BCUT2D eigenvalue weighted by atomic mass is 10.1. The summed E-state index contributed by atoms with van der Waals surface area (Å²) in [5.41, 5.74) is 1.37. The molecule has 0 aliphatic carbocycles. The van der Waals surface area contributed by atoms with Crippen LogP contribution < -0.4 is 0 Å². The molecule has 24 heavy (non-hydrogen) atoms. The van der Waals surface area contributed by atoms with Gasteiger partial charge in [-0.25, -0.2) is 0 Å². The maximum atomic E-state index is 12.5. The number of hydrogen-bond acceptors (Lipinski definition) is 5. The van der Waals surface area contributed by atoms with E-state index in [9.17, 15) is 4.79 Å². The third-order valence-electron chi connectivity index (χ3n) is 3.27. The molecule has 0 aliphatic rings. The minimum Gasteiger partial charge on any atom is -0.411 e. The molecule has 3 rings (SSSR count). The molecular weight excluding hydrogens is 412 g/mol. The highest BCUT2D eigenvalue weighted by Gasteiger charge is 2.20. The first-order chi connectivity index (χ1) is 11.5. The van der Waals surface area contributed by atoms with Crippen molar-refractivity contribution in [2.24, 2.45) is 0 Å². The maximum absolute atomic E-state index is 12.5. The van der Waals surface area contributed by atoms with Gasteiger partial charge in [0.05, 0.1) is 10.8 Å². The van der Waals surface area contributed by atoms with Gasteiger partial charge >= 0.3 is 0 Å². The highest BCUT2D eigenvalue weighted by molar-refractivity contribution is 9.10. The maximum Gasteiger partial charge on any atom is 0.277 e. The predicted octanol–water partition coefficient (Wildman–Crippen LogP) is 5.52. The molecule has 0 fully saturated rings. The summed E-state index contributed by atoms with van der Waals surface area (Å²) in [5.74, 6) is 0.371. The van der Waals surface area contributed by atoms with Crippen molar-refractivity contribution in [1.29, 1.82) is 0 Å². The highest BCUT2D eigenvalue weighted by atomic mass is 79.9. The zero-order chi connectivity index (χ0) is 17.1. The second-order valence-corrected chi connectivity index (χ2v) is 7.57. The van der Waals surface area contributed by atoms with Crippen molar-refractivity contribution in [3.8, 4) is 11.5 Å². The van der Waals surface area contributed by atoms with Crippen molar-refractivity contribution in [1.82, 2.24) is 10.2 Å². The number of Topliss-reactive ketones (excluding diaryl/α,β-unsaturated/α-hetero) is 1. The van der Waals surface area contributed by atoms with Crippen LogP contribution in [-0.4, -0.2) is 21.2 Å². The molecule has 0 bridgehead atoms. The summed E-state index contributed by atoms with van der Waals surface area (Å²) in [6, 6.07) is 14.5. The van der Waals surface area contributed by atoms with Crippen LogP contribution in [0.2, 0.25) is 5.02 Å². The van der Waals surface area contributed by atoms with Crippen molar-refractivity contribution >= 4 is 45.1 Å². The van der Waals surface area contributed by atoms with Crippen LogP contribution in [0.15, 0.2) is 62.6 Å². The number of halogens is 2. The Hall–Kier alpha value is -1.63. The summed E-state index contributed by atoms with van der Waals surface area (Å²) in [5, 5.41) is 8.58. The second kappa shape index (κ2) is 7.51. The SMILES string of the molecule is C[C@H](Sc1nnc(-c2ccccc2Br)o1)C(=O)c1cccc(Cl)c1. The Bertz CT molecular complexity index is 884. The molecule has 0 spiro atoms. The predicted molar refractivity (Wildman–Crippen MR) is 98.5 cm³/mol. The van der Waals surface area contributed by atoms with Crippen LogP contribution in [-0.2, 0) is 0 Å². The van der Waals surface area contributed by atoms with Crippen LogP contribution in [0.1, 0.15) is 17.3 Å². The summed E-state index contributed by atoms with van der Waals surface area (Å²) in [6.45, 7) is 1.80. The van der Waals surface area contributed by atoms with Crippen LogP contribution >= 0.6 is 39.3 Å². The van der Waals surface area contributed by atoms with Crippen LogP contribution in [0.3, 0.4) is 0 Å². The van der Waals surface area contributed by atoms with Gasteiger partial charge in [0.25, 0.3) is 5.22 Å². The number of carbonyl (C=O) groups is 1. The minimum absolute atomic E-state index is 0.0388. The Morgan fingerprint density at radius 3 is 2.75 bits per heavy atom.